The summed E-state index contributed by atoms with van der Waals surface area (Å²) in [5, 5.41) is 3.96. The third kappa shape index (κ3) is 3.60. The molecule has 0 unspecified atom stereocenters. The highest BCUT2D eigenvalue weighted by Crippen LogP contribution is 2.24. The second-order valence-electron chi connectivity index (χ2n) is 5.62. The number of nitrogens with one attached hydrogen (secondary N) is 1. The number of para-hydroxylation sites is 1. The first-order valence-corrected chi connectivity index (χ1v) is 8.63. The summed E-state index contributed by atoms with van der Waals surface area (Å²) < 4.78 is 6.70. The summed E-state index contributed by atoms with van der Waals surface area (Å²) in [5.74, 6) is 0.486. The fourth-order valence-corrected chi connectivity index (χ4v) is 3.02. The zero-order valence-corrected chi connectivity index (χ0v) is 15.2. The maximum Gasteiger partial charge on any atom is 0.248 e. The van der Waals surface area contributed by atoms with Crippen LogP contribution in [0.15, 0.2) is 57.4 Å². The number of anilines is 1. The number of hydrogen-bond donors (Lipinski definition) is 1. The quantitative estimate of drug-likeness (QED) is 0.585. The second kappa shape index (κ2) is 7.05. The van der Waals surface area contributed by atoms with Gasteiger partial charge in [-0.2, -0.15) is 0 Å². The average molecular weight is 384 g/mol. The van der Waals surface area contributed by atoms with E-state index >= 15 is 0 Å². The Bertz CT molecular complexity index is 925. The van der Waals surface area contributed by atoms with Crippen molar-refractivity contribution in [3.05, 3.63) is 69.9 Å². The van der Waals surface area contributed by atoms with Gasteiger partial charge >= 0.3 is 0 Å². The van der Waals surface area contributed by atoms with Crippen LogP contribution in [-0.4, -0.2) is 5.91 Å². The summed E-state index contributed by atoms with van der Waals surface area (Å²) in [6.45, 7) is 4.07. The summed E-state index contributed by atoms with van der Waals surface area (Å²) in [4.78, 5) is 12.2. The van der Waals surface area contributed by atoms with Gasteiger partial charge in [-0.25, -0.2) is 0 Å². The Morgan fingerprint density at radius 2 is 2.08 bits per heavy atom. The van der Waals surface area contributed by atoms with E-state index in [0.29, 0.717) is 5.76 Å². The molecular formula is C20H18BrNO2. The van der Waals surface area contributed by atoms with Gasteiger partial charge in [0.2, 0.25) is 5.91 Å². The third-order valence-corrected chi connectivity index (χ3v) is 4.38. The predicted molar refractivity (Wildman–Crippen MR) is 102 cm³/mol. The second-order valence-corrected chi connectivity index (χ2v) is 6.53. The number of furan rings is 1. The van der Waals surface area contributed by atoms with E-state index in [4.69, 9.17) is 4.42 Å². The van der Waals surface area contributed by atoms with Crippen molar-refractivity contribution in [1.29, 1.82) is 0 Å². The minimum atomic E-state index is -0.166. The Balaban J connectivity index is 1.77. The Morgan fingerprint density at radius 3 is 2.88 bits per heavy atom. The highest BCUT2D eigenvalue weighted by atomic mass is 79.9. The molecule has 0 aliphatic rings. The van der Waals surface area contributed by atoms with Crippen molar-refractivity contribution in [2.45, 2.75) is 20.3 Å². The Morgan fingerprint density at radius 1 is 1.25 bits per heavy atom. The number of benzene rings is 2. The summed E-state index contributed by atoms with van der Waals surface area (Å²) >= 11 is 3.44. The van der Waals surface area contributed by atoms with Crippen LogP contribution in [0.25, 0.3) is 17.0 Å². The molecule has 3 nitrogen and oxygen atoms in total. The van der Waals surface area contributed by atoms with E-state index in [1.165, 1.54) is 6.08 Å². The van der Waals surface area contributed by atoms with Gasteiger partial charge in [0.1, 0.15) is 11.3 Å². The summed E-state index contributed by atoms with van der Waals surface area (Å²) in [7, 11) is 0. The molecule has 2 aromatic carbocycles. The summed E-state index contributed by atoms with van der Waals surface area (Å²) in [5.41, 5.74) is 3.88. The van der Waals surface area contributed by atoms with Crippen molar-refractivity contribution >= 4 is 44.6 Å². The molecule has 0 bridgehead atoms. The molecule has 4 heteroatoms. The number of halogens is 1. The summed E-state index contributed by atoms with van der Waals surface area (Å²) in [6.07, 6.45) is 4.06. The molecule has 0 fully saturated rings. The van der Waals surface area contributed by atoms with E-state index in [0.717, 1.165) is 38.7 Å². The zero-order valence-electron chi connectivity index (χ0n) is 13.6. The van der Waals surface area contributed by atoms with Crippen LogP contribution in [0, 0.1) is 6.92 Å². The number of hydrogen-bond acceptors (Lipinski definition) is 2. The van der Waals surface area contributed by atoms with E-state index in [-0.39, 0.29) is 5.91 Å². The Hall–Kier alpha value is -2.33. The van der Waals surface area contributed by atoms with Crippen LogP contribution >= 0.6 is 15.9 Å². The van der Waals surface area contributed by atoms with Gasteiger partial charge in [-0.3, -0.25) is 4.79 Å². The minimum Gasteiger partial charge on any atom is -0.457 e. The van der Waals surface area contributed by atoms with Gasteiger partial charge in [0.15, 0.2) is 0 Å². The van der Waals surface area contributed by atoms with Crippen LogP contribution in [-0.2, 0) is 11.2 Å². The number of amides is 1. The van der Waals surface area contributed by atoms with Crippen LogP contribution in [0.2, 0.25) is 0 Å². The fraction of sp³-hybridized carbons (Fsp3) is 0.150. The Labute approximate surface area is 149 Å². The van der Waals surface area contributed by atoms with E-state index in [1.54, 1.807) is 6.08 Å². The van der Waals surface area contributed by atoms with Crippen molar-refractivity contribution in [2.75, 3.05) is 5.32 Å². The topological polar surface area (TPSA) is 42.2 Å². The van der Waals surface area contributed by atoms with Crippen molar-refractivity contribution < 1.29 is 9.21 Å². The maximum absolute atomic E-state index is 12.2. The zero-order chi connectivity index (χ0) is 17.1. The lowest BCUT2D eigenvalue weighted by Crippen LogP contribution is -2.10. The van der Waals surface area contributed by atoms with Gasteiger partial charge in [-0.05, 0) is 54.8 Å². The van der Waals surface area contributed by atoms with Crippen molar-refractivity contribution in [3.63, 3.8) is 0 Å². The molecule has 0 saturated heterocycles. The molecule has 0 spiro atoms. The number of fused-ring (bicyclic) bond motifs is 1. The van der Waals surface area contributed by atoms with Crippen molar-refractivity contribution in [2.24, 2.45) is 0 Å². The first-order valence-electron chi connectivity index (χ1n) is 7.83. The van der Waals surface area contributed by atoms with Gasteiger partial charge in [0.05, 0.1) is 0 Å². The molecule has 0 radical (unpaired) electrons. The predicted octanol–water partition coefficient (Wildman–Crippen LogP) is 5.72. The molecule has 0 aliphatic heterocycles. The smallest absolute Gasteiger partial charge is 0.248 e. The number of rotatable bonds is 4. The van der Waals surface area contributed by atoms with Crippen LogP contribution in [0.4, 0.5) is 5.69 Å². The van der Waals surface area contributed by atoms with Crippen LogP contribution in [0.3, 0.4) is 0 Å². The normalized spacial score (nSPS) is 11.3. The Kier molecular flexibility index (Phi) is 4.86. The molecule has 1 aromatic heterocycles. The van der Waals surface area contributed by atoms with Gasteiger partial charge < -0.3 is 9.73 Å². The third-order valence-electron chi connectivity index (χ3n) is 3.88. The molecule has 0 saturated carbocycles. The van der Waals surface area contributed by atoms with Gasteiger partial charge in [0, 0.05) is 21.6 Å². The molecule has 3 aromatic rings. The highest BCUT2D eigenvalue weighted by Gasteiger charge is 2.07. The molecule has 0 atom stereocenters. The highest BCUT2D eigenvalue weighted by molar-refractivity contribution is 9.10. The molecule has 3 rings (SSSR count). The lowest BCUT2D eigenvalue weighted by molar-refractivity contribution is -0.111. The van der Waals surface area contributed by atoms with Gasteiger partial charge in [-0.1, -0.05) is 41.1 Å². The maximum atomic E-state index is 12.2. The SMILES string of the molecule is CCc1cccc(C)c1NC(=O)/C=C/c1cc2cc(Br)ccc2o1. The van der Waals surface area contributed by atoms with E-state index in [1.807, 2.05) is 49.4 Å². The average Bonchev–Trinajstić information content (AvgIpc) is 2.96. The molecule has 1 amide bonds. The number of aryl methyl sites for hydroxylation is 2. The first-order chi connectivity index (χ1) is 11.6. The number of carbonyl (C=O) groups excluding carboxylic acids is 1. The largest absolute Gasteiger partial charge is 0.457 e. The van der Waals surface area contributed by atoms with E-state index in [2.05, 4.69) is 28.2 Å². The molecular weight excluding hydrogens is 366 g/mol. The van der Waals surface area contributed by atoms with Crippen LogP contribution in [0.1, 0.15) is 23.8 Å². The molecule has 24 heavy (non-hydrogen) atoms. The molecule has 0 aliphatic carbocycles. The molecule has 1 heterocycles. The first kappa shape index (κ1) is 16.5. The number of carbonyl (C=O) groups is 1. The molecule has 122 valence electrons. The fourth-order valence-electron chi connectivity index (χ4n) is 2.64. The minimum absolute atomic E-state index is 0.166. The standard InChI is InChI=1S/C20H18BrNO2/c1-3-14-6-4-5-13(2)20(14)22-19(23)10-8-17-12-15-11-16(21)7-9-18(15)24-17/h4-12H,3H2,1-2H3,(H,22,23)/b10-8+. The van der Waals surface area contributed by atoms with Crippen LogP contribution < -0.4 is 5.32 Å². The van der Waals surface area contributed by atoms with Crippen molar-refractivity contribution in [3.8, 4) is 0 Å². The molecule has 1 N–H and O–H groups in total. The summed E-state index contributed by atoms with van der Waals surface area (Å²) in [6, 6.07) is 13.8. The lowest BCUT2D eigenvalue weighted by atomic mass is 10.1. The van der Waals surface area contributed by atoms with Crippen LogP contribution in [0.5, 0.6) is 0 Å². The lowest BCUT2D eigenvalue weighted by Gasteiger charge is -2.11. The van der Waals surface area contributed by atoms with Crippen molar-refractivity contribution in [1.82, 2.24) is 0 Å². The van der Waals surface area contributed by atoms with E-state index in [9.17, 15) is 4.79 Å². The van der Waals surface area contributed by atoms with Gasteiger partial charge in [-0.15, -0.1) is 0 Å². The van der Waals surface area contributed by atoms with Gasteiger partial charge in [0.25, 0.3) is 0 Å². The monoisotopic (exact) mass is 383 g/mol. The van der Waals surface area contributed by atoms with E-state index < -0.39 is 0 Å².